The number of carbonyl (C=O) groups is 1. The minimum Gasteiger partial charge on any atom is -0.510 e. The van der Waals surface area contributed by atoms with Gasteiger partial charge in [0.25, 0.3) is 5.91 Å². The van der Waals surface area contributed by atoms with Crippen LogP contribution in [0.25, 0.3) is 0 Å². The van der Waals surface area contributed by atoms with E-state index in [9.17, 15) is 35.4 Å². The lowest BCUT2D eigenvalue weighted by molar-refractivity contribution is -0.282. The van der Waals surface area contributed by atoms with Crippen molar-refractivity contribution >= 4 is 5.91 Å². The molecule has 17 N–H and O–H groups in total. The summed E-state index contributed by atoms with van der Waals surface area (Å²) in [5.41, 5.74) is 29.7. The number of hydrogen-bond donors (Lipinski definition) is 12. The van der Waals surface area contributed by atoms with Crippen molar-refractivity contribution in [2.45, 2.75) is 111 Å². The Bertz CT molecular complexity index is 1080. The second-order valence-corrected chi connectivity index (χ2v) is 11.3. The van der Waals surface area contributed by atoms with Crippen LogP contribution in [0.4, 0.5) is 0 Å². The quantitative estimate of drug-likeness (QED) is 0.0978. The Balaban J connectivity index is 1.56. The van der Waals surface area contributed by atoms with Crippen LogP contribution in [0, 0.1) is 12.3 Å². The van der Waals surface area contributed by atoms with Gasteiger partial charge in [-0.2, -0.15) is 0 Å². The molecule has 3 aliphatic heterocycles. The molecule has 19 heteroatoms. The monoisotopic (exact) mass is 648 g/mol. The van der Waals surface area contributed by atoms with Crippen LogP contribution in [0.2, 0.25) is 0 Å². The Kier molecular flexibility index (Phi) is 12.1. The molecular weight excluding hydrogens is 604 g/mol. The van der Waals surface area contributed by atoms with Gasteiger partial charge in [-0.1, -0.05) is 5.92 Å². The van der Waals surface area contributed by atoms with E-state index in [0.29, 0.717) is 0 Å². The third kappa shape index (κ3) is 7.58. The molecule has 1 aliphatic carbocycles. The molecule has 2 saturated heterocycles. The molecule has 256 valence electrons. The molecule has 3 heterocycles. The number of terminal acetylenes is 1. The molecule has 0 aromatic carbocycles. The van der Waals surface area contributed by atoms with E-state index in [1.165, 1.54) is 0 Å². The summed E-state index contributed by atoms with van der Waals surface area (Å²) in [6.45, 7) is -0.573. The highest BCUT2D eigenvalue weighted by atomic mass is 16.8. The average molecular weight is 649 g/mol. The first-order chi connectivity index (χ1) is 21.3. The molecule has 3 fully saturated rings. The van der Waals surface area contributed by atoms with E-state index in [1.54, 1.807) is 0 Å². The first-order valence-electron chi connectivity index (χ1n) is 14.4. The SMILES string of the molecule is C#CCNC(=O)[C@H]1O[C@@H](OC2C(O)[C@H](N)CC(N)[C@H]2O[C@@H]2C=C(O)[C@H](O)C(CN)O2)C(O)C1O[C@H]1OC(CN)[C@@H](O)C(O)C1N. The van der Waals surface area contributed by atoms with E-state index in [4.69, 9.17) is 63.5 Å². The van der Waals surface area contributed by atoms with Gasteiger partial charge in [-0.05, 0) is 6.42 Å². The Hall–Kier alpha value is -2.07. The highest BCUT2D eigenvalue weighted by molar-refractivity contribution is 5.82. The van der Waals surface area contributed by atoms with Gasteiger partial charge in [0.15, 0.2) is 25.0 Å². The molecule has 9 unspecified atom stereocenters. The molecule has 19 nitrogen and oxygen atoms in total. The highest BCUT2D eigenvalue weighted by Gasteiger charge is 2.55. The van der Waals surface area contributed by atoms with Crippen LogP contribution in [0.1, 0.15) is 6.42 Å². The number of nitrogens with one attached hydrogen (secondary N) is 1. The zero-order valence-electron chi connectivity index (χ0n) is 24.2. The summed E-state index contributed by atoms with van der Waals surface area (Å²) >= 11 is 0. The summed E-state index contributed by atoms with van der Waals surface area (Å²) in [5.74, 6) is 0.975. The molecule has 0 aromatic heterocycles. The van der Waals surface area contributed by atoms with Crippen molar-refractivity contribution in [2.75, 3.05) is 19.6 Å². The maximum Gasteiger partial charge on any atom is 0.252 e. The zero-order chi connectivity index (χ0) is 33.2. The van der Waals surface area contributed by atoms with Crippen LogP contribution in [0.15, 0.2) is 11.8 Å². The third-order valence-electron chi connectivity index (χ3n) is 8.24. The van der Waals surface area contributed by atoms with Gasteiger partial charge in [0.05, 0.1) is 18.7 Å². The second-order valence-electron chi connectivity index (χ2n) is 11.3. The van der Waals surface area contributed by atoms with Crippen molar-refractivity contribution in [3.05, 3.63) is 11.8 Å². The summed E-state index contributed by atoms with van der Waals surface area (Å²) in [5, 5.41) is 65.6. The van der Waals surface area contributed by atoms with Crippen LogP contribution >= 0.6 is 0 Å². The molecule has 0 radical (unpaired) electrons. The maximum atomic E-state index is 13.0. The fourth-order valence-electron chi connectivity index (χ4n) is 5.66. The average Bonchev–Trinajstić information content (AvgIpc) is 3.32. The summed E-state index contributed by atoms with van der Waals surface area (Å²) < 4.78 is 34.7. The Labute approximate surface area is 258 Å². The largest absolute Gasteiger partial charge is 0.510 e. The number of hydrogen-bond acceptors (Lipinski definition) is 18. The number of nitrogens with two attached hydrogens (primary N) is 5. The van der Waals surface area contributed by atoms with E-state index < -0.39 is 116 Å². The van der Waals surface area contributed by atoms with Crippen molar-refractivity contribution in [3.8, 4) is 12.3 Å². The molecule has 1 saturated carbocycles. The summed E-state index contributed by atoms with van der Waals surface area (Å²) in [6.07, 6.45) is -13.3. The third-order valence-corrected chi connectivity index (χ3v) is 8.24. The van der Waals surface area contributed by atoms with Gasteiger partial charge in [0.1, 0.15) is 60.7 Å². The van der Waals surface area contributed by atoms with Gasteiger partial charge in [-0.3, -0.25) is 4.79 Å². The predicted octanol–water partition coefficient (Wildman–Crippen LogP) is -7.38. The fourth-order valence-corrected chi connectivity index (χ4v) is 5.66. The number of amides is 1. The summed E-state index contributed by atoms with van der Waals surface area (Å²) in [6, 6.07) is -3.10. The first-order valence-corrected chi connectivity index (χ1v) is 14.4. The highest BCUT2D eigenvalue weighted by Crippen LogP contribution is 2.34. The number of ether oxygens (including phenoxy) is 6. The lowest BCUT2D eigenvalue weighted by Gasteiger charge is -2.44. The van der Waals surface area contributed by atoms with E-state index >= 15 is 0 Å². The predicted molar refractivity (Wildman–Crippen MR) is 150 cm³/mol. The zero-order valence-corrected chi connectivity index (χ0v) is 24.2. The smallest absolute Gasteiger partial charge is 0.252 e. The van der Waals surface area contributed by atoms with Gasteiger partial charge < -0.3 is 93.0 Å². The maximum absolute atomic E-state index is 13.0. The topological polar surface area (TPSA) is 336 Å². The molecule has 0 bridgehead atoms. The number of rotatable bonds is 10. The molecule has 45 heavy (non-hydrogen) atoms. The van der Waals surface area contributed by atoms with Gasteiger partial charge in [0.2, 0.25) is 0 Å². The van der Waals surface area contributed by atoms with E-state index in [1.807, 2.05) is 0 Å². The fraction of sp³-hybridized carbons (Fsp3) is 0.808. The standard InChI is InChI=1S/C26H44N6O13/c1-2-3-32-24(39)23-22(43-25-14(31)18(37)17(36)12(7-28)41-25)19(38)26(45-23)44-21-15(34)8(29)4-9(30)20(21)42-13-5-10(33)16(35)11(6-27)40-13/h1,5,8-9,11-23,25-26,33-38H,3-4,6-7,27-31H2,(H,32,39)/t8-,9?,11?,12?,13-,14?,15?,16+,17-,18?,19?,20-,21?,22?,23+,25-,26-/m1/s1. The van der Waals surface area contributed by atoms with Crippen molar-refractivity contribution in [1.82, 2.24) is 5.32 Å². The van der Waals surface area contributed by atoms with E-state index in [2.05, 4.69) is 11.2 Å². The van der Waals surface area contributed by atoms with Gasteiger partial charge in [0, 0.05) is 31.2 Å². The van der Waals surface area contributed by atoms with Gasteiger partial charge in [-0.25, -0.2) is 0 Å². The minimum absolute atomic E-state index is 0.0708. The van der Waals surface area contributed by atoms with Crippen LogP contribution in [0.5, 0.6) is 0 Å². The normalized spacial score (nSPS) is 47.1. The molecule has 4 aliphatic rings. The number of aliphatic hydroxyl groups excluding tert-OH is 6. The molecule has 0 spiro atoms. The van der Waals surface area contributed by atoms with Gasteiger partial charge >= 0.3 is 0 Å². The molecule has 17 atom stereocenters. The van der Waals surface area contributed by atoms with Crippen LogP contribution in [-0.4, -0.2) is 160 Å². The summed E-state index contributed by atoms with van der Waals surface area (Å²) in [4.78, 5) is 13.0. The second kappa shape index (κ2) is 15.2. The Morgan fingerprint density at radius 3 is 2.18 bits per heavy atom. The molecule has 4 rings (SSSR count). The Morgan fingerprint density at radius 1 is 0.867 bits per heavy atom. The first kappa shape index (κ1) is 35.8. The van der Waals surface area contributed by atoms with Crippen LogP contribution in [-0.2, 0) is 33.2 Å². The number of carbonyl (C=O) groups excluding carboxylic acids is 1. The van der Waals surface area contributed by atoms with Crippen molar-refractivity contribution < 1.29 is 63.9 Å². The molecule has 0 aromatic rings. The number of aliphatic hydroxyl groups is 6. The van der Waals surface area contributed by atoms with E-state index in [0.717, 1.165) is 6.08 Å². The van der Waals surface area contributed by atoms with Crippen LogP contribution < -0.4 is 34.0 Å². The molecular formula is C26H44N6O13. The Morgan fingerprint density at radius 2 is 1.53 bits per heavy atom. The van der Waals surface area contributed by atoms with Crippen LogP contribution in [0.3, 0.4) is 0 Å². The van der Waals surface area contributed by atoms with Crippen molar-refractivity contribution in [3.63, 3.8) is 0 Å². The van der Waals surface area contributed by atoms with Gasteiger partial charge in [-0.15, -0.1) is 6.42 Å². The minimum atomic E-state index is -1.75. The summed E-state index contributed by atoms with van der Waals surface area (Å²) in [7, 11) is 0. The lowest BCUT2D eigenvalue weighted by atomic mass is 9.84. The van der Waals surface area contributed by atoms with Crippen molar-refractivity contribution in [2.24, 2.45) is 28.7 Å². The molecule has 1 amide bonds. The van der Waals surface area contributed by atoms with E-state index in [-0.39, 0.29) is 26.1 Å². The van der Waals surface area contributed by atoms with Crippen molar-refractivity contribution in [1.29, 1.82) is 0 Å². The lowest BCUT2D eigenvalue weighted by Crippen LogP contribution is -2.65.